The fourth-order valence-corrected chi connectivity index (χ4v) is 10.4. The lowest BCUT2D eigenvalue weighted by Crippen LogP contribution is -2.62. The third-order valence-electron chi connectivity index (χ3n) is 14.7. The minimum atomic E-state index is -1.27. The van der Waals surface area contributed by atoms with Crippen LogP contribution in [0.15, 0.2) is 25.0 Å². The molecule has 10 atom stereocenters. The van der Waals surface area contributed by atoms with Gasteiger partial charge in [0.2, 0.25) is 59.1 Å². The molecule has 80 heavy (non-hydrogen) atoms. The number of nitrogens with two attached hydrogens (primary N) is 2. The van der Waals surface area contributed by atoms with E-state index in [0.29, 0.717) is 37.1 Å². The van der Waals surface area contributed by atoms with Crippen LogP contribution < -0.4 is 54.0 Å². The Kier molecular flexibility index (Phi) is 24.4. The molecule has 5 heterocycles. The maximum atomic E-state index is 14.8. The number of carbonyl (C=O) groups excluding carboxylic acids is 10. The van der Waals surface area contributed by atoms with E-state index in [1.165, 1.54) is 34.8 Å². The smallest absolute Gasteiger partial charge is 0.246 e. The van der Waals surface area contributed by atoms with Gasteiger partial charge >= 0.3 is 0 Å². The summed E-state index contributed by atoms with van der Waals surface area (Å²) >= 11 is 0. The van der Waals surface area contributed by atoms with Crippen molar-refractivity contribution in [3.63, 3.8) is 0 Å². The number of nitrogens with zero attached hydrogens (tertiary/aromatic N) is 4. The van der Waals surface area contributed by atoms with Crippen molar-refractivity contribution in [3.05, 3.63) is 36.4 Å². The maximum absolute atomic E-state index is 14.8. The van der Waals surface area contributed by atoms with Crippen molar-refractivity contribution in [2.24, 2.45) is 35.1 Å². The number of aromatic nitrogens is 4. The molecule has 2 aromatic rings. The van der Waals surface area contributed by atoms with E-state index in [1.54, 1.807) is 27.7 Å². The first-order chi connectivity index (χ1) is 38.0. The lowest BCUT2D eigenvalue weighted by Gasteiger charge is -2.32. The number of hydrogen-bond donors (Lipinski definition) is 12. The molecule has 3 aliphatic rings. The third-order valence-corrected chi connectivity index (χ3v) is 14.7. The van der Waals surface area contributed by atoms with Crippen molar-refractivity contribution in [1.29, 1.82) is 0 Å². The highest BCUT2D eigenvalue weighted by atomic mass is 16.2. The fraction of sp³-hybridized carbons (Fsp3) is 0.704. The van der Waals surface area contributed by atoms with Gasteiger partial charge in [-0.25, -0.2) is 9.97 Å². The molecular formula is C54H88N16O10. The standard InChI is InChI=1S/C54H88N16O10/c1-29(2)21-37-47(73)65-39(23-33-25-57-27-59-33)53(79)69-19-11-15-41(69)49(75)68-44(32(7)8)52(78)62-36(14-10-18-56)46(72)64-38(22-30(3)4)48(74)66-40(24-34-26-58-28-60-34)54(80)70-20-12-16-42(70)50(76)67-43(31(5)6)51(77)61-35(13-9-17-55)45(71)63-37/h25-32,35-44H,9-24,55-56H2,1-8H3,(H,57,59)(H,58,60)(H,61,77)(H,62,78)(H,63,71)(H,64,72)(H,65,73)(H,66,74)(H,67,76)(H,68,75)/t35-,36-,37-,38-,39+,40+,41-,42-,43-,44-/m0/s1. The van der Waals surface area contributed by atoms with Crippen molar-refractivity contribution in [3.8, 4) is 0 Å². The number of H-pyrrole nitrogens is 2. The Morgan fingerprint density at radius 2 is 0.800 bits per heavy atom. The van der Waals surface area contributed by atoms with Crippen LogP contribution in [0.2, 0.25) is 0 Å². The molecule has 0 aromatic carbocycles. The molecule has 0 saturated carbocycles. The molecule has 26 nitrogen and oxygen atoms in total. The predicted octanol–water partition coefficient (Wildman–Crippen LogP) is -1.33. The zero-order chi connectivity index (χ0) is 58.8. The van der Waals surface area contributed by atoms with Gasteiger partial charge in [0.1, 0.15) is 60.4 Å². The lowest BCUT2D eigenvalue weighted by molar-refractivity contribution is -0.143. The summed E-state index contributed by atoms with van der Waals surface area (Å²) in [6, 6.07) is -12.0. The van der Waals surface area contributed by atoms with Crippen LogP contribution in [0.4, 0.5) is 0 Å². The molecule has 0 spiro atoms. The number of rotatable bonds is 16. The van der Waals surface area contributed by atoms with Crippen molar-refractivity contribution < 1.29 is 47.9 Å². The molecule has 0 unspecified atom stereocenters. The highest BCUT2D eigenvalue weighted by molar-refractivity contribution is 6.00. The Labute approximate surface area is 468 Å². The topological polar surface area (TPSA) is 383 Å². The summed E-state index contributed by atoms with van der Waals surface area (Å²) in [4.78, 5) is 162. The molecule has 2 aromatic heterocycles. The van der Waals surface area contributed by atoms with Gasteiger partial charge in [-0.15, -0.1) is 0 Å². The van der Waals surface area contributed by atoms with Gasteiger partial charge in [0.05, 0.1) is 12.7 Å². The SMILES string of the molecule is CC(C)C[C@@H]1NC(=O)[C@H](CCCN)NC(=O)[C@H](C(C)C)NC(=O)[C@@H]2CCCN2C(=O)[C@@H](Cc2cnc[nH]2)NC(=O)[C@H](CC(C)C)NC(=O)[C@H](CCCN)NC(=O)[C@H](C(C)C)NC(=O)[C@@H]2CCCN2C(=O)[C@@H](Cc2cnc[nH]2)NC1=O. The Hall–Kier alpha value is -6.96. The second-order valence-electron chi connectivity index (χ2n) is 22.9. The van der Waals surface area contributed by atoms with Crippen LogP contribution in [0.1, 0.15) is 131 Å². The molecule has 0 aliphatic carbocycles. The molecule has 0 bridgehead atoms. The van der Waals surface area contributed by atoms with Gasteiger partial charge in [0.15, 0.2) is 0 Å². The Bertz CT molecular complexity index is 2250. The van der Waals surface area contributed by atoms with Crippen LogP contribution in [0, 0.1) is 23.7 Å². The lowest BCUT2D eigenvalue weighted by atomic mass is 9.99. The van der Waals surface area contributed by atoms with Gasteiger partial charge in [-0.1, -0.05) is 55.4 Å². The van der Waals surface area contributed by atoms with Crippen LogP contribution >= 0.6 is 0 Å². The van der Waals surface area contributed by atoms with Gasteiger partial charge in [-0.2, -0.15) is 0 Å². The van der Waals surface area contributed by atoms with E-state index in [-0.39, 0.29) is 89.4 Å². The predicted molar refractivity (Wildman–Crippen MR) is 295 cm³/mol. The number of aromatic amines is 2. The molecule has 444 valence electrons. The summed E-state index contributed by atoms with van der Waals surface area (Å²) in [6.45, 7) is 14.8. The average Bonchev–Trinajstić information content (AvgIpc) is 4.28. The summed E-state index contributed by atoms with van der Waals surface area (Å²) in [5.41, 5.74) is 12.8. The fourth-order valence-electron chi connectivity index (χ4n) is 10.4. The van der Waals surface area contributed by atoms with E-state index in [9.17, 15) is 47.9 Å². The van der Waals surface area contributed by atoms with E-state index in [4.69, 9.17) is 11.5 Å². The zero-order valence-corrected chi connectivity index (χ0v) is 47.7. The van der Waals surface area contributed by atoms with E-state index < -0.39 is 131 Å². The van der Waals surface area contributed by atoms with Crippen LogP contribution in [-0.2, 0) is 60.8 Å². The van der Waals surface area contributed by atoms with Gasteiger partial charge in [0, 0.05) is 49.7 Å². The average molecular weight is 1120 g/mol. The molecule has 14 N–H and O–H groups in total. The number of carbonyl (C=O) groups is 10. The molecule has 10 amide bonds. The van der Waals surface area contributed by atoms with E-state index >= 15 is 0 Å². The Morgan fingerprint density at radius 3 is 1.11 bits per heavy atom. The quantitative estimate of drug-likeness (QED) is 0.0928. The largest absolute Gasteiger partial charge is 0.348 e. The third kappa shape index (κ3) is 18.0. The van der Waals surface area contributed by atoms with Gasteiger partial charge in [-0.3, -0.25) is 47.9 Å². The van der Waals surface area contributed by atoms with Crippen molar-refractivity contribution in [1.82, 2.24) is 72.3 Å². The summed E-state index contributed by atoms with van der Waals surface area (Å²) in [6.07, 6.45) is 7.92. The molecule has 3 fully saturated rings. The molecule has 3 aliphatic heterocycles. The van der Waals surface area contributed by atoms with Gasteiger partial charge in [0.25, 0.3) is 0 Å². The first kappa shape index (κ1) is 63.9. The van der Waals surface area contributed by atoms with Gasteiger partial charge < -0.3 is 73.8 Å². The van der Waals surface area contributed by atoms with Crippen LogP contribution in [0.5, 0.6) is 0 Å². The number of fused-ring (bicyclic) bond motifs is 2. The highest BCUT2D eigenvalue weighted by Crippen LogP contribution is 2.23. The summed E-state index contributed by atoms with van der Waals surface area (Å²) < 4.78 is 0. The first-order valence-corrected chi connectivity index (χ1v) is 28.4. The van der Waals surface area contributed by atoms with Crippen molar-refractivity contribution in [2.45, 2.75) is 193 Å². The minimum Gasteiger partial charge on any atom is -0.348 e. The molecule has 5 rings (SSSR count). The zero-order valence-electron chi connectivity index (χ0n) is 47.7. The first-order valence-electron chi connectivity index (χ1n) is 28.4. The Balaban J connectivity index is 1.57. The van der Waals surface area contributed by atoms with E-state index in [2.05, 4.69) is 62.5 Å². The maximum Gasteiger partial charge on any atom is 0.246 e. The molecule has 0 radical (unpaired) electrons. The molecule has 26 heteroatoms. The second-order valence-corrected chi connectivity index (χ2v) is 22.9. The second kappa shape index (κ2) is 30.6. The van der Waals surface area contributed by atoms with Gasteiger partial charge in [-0.05, 0) is 101 Å². The van der Waals surface area contributed by atoms with E-state index in [0.717, 1.165) is 0 Å². The number of amides is 10. The minimum absolute atomic E-state index is 0.0619. The monoisotopic (exact) mass is 1120 g/mol. The number of hydrogen-bond acceptors (Lipinski definition) is 14. The molecular weight excluding hydrogens is 1030 g/mol. The summed E-state index contributed by atoms with van der Waals surface area (Å²) in [7, 11) is 0. The summed E-state index contributed by atoms with van der Waals surface area (Å²) in [5.74, 6) is -8.07. The highest BCUT2D eigenvalue weighted by Gasteiger charge is 2.43. The van der Waals surface area contributed by atoms with Crippen molar-refractivity contribution in [2.75, 3.05) is 26.2 Å². The van der Waals surface area contributed by atoms with Crippen molar-refractivity contribution >= 4 is 59.1 Å². The normalized spacial score (nSPS) is 27.0. The summed E-state index contributed by atoms with van der Waals surface area (Å²) in [5, 5.41) is 22.5. The van der Waals surface area contributed by atoms with Crippen LogP contribution in [0.25, 0.3) is 0 Å². The van der Waals surface area contributed by atoms with Crippen LogP contribution in [0.3, 0.4) is 0 Å². The van der Waals surface area contributed by atoms with Crippen LogP contribution in [-0.4, -0.2) is 175 Å². The molecule has 3 saturated heterocycles. The number of nitrogens with one attached hydrogen (secondary N) is 10. The number of imidazole rings is 2. The van der Waals surface area contributed by atoms with E-state index in [1.807, 2.05) is 27.7 Å². The Morgan fingerprint density at radius 1 is 0.463 bits per heavy atom.